The van der Waals surface area contributed by atoms with Gasteiger partial charge in [-0.1, -0.05) is 0 Å². The van der Waals surface area contributed by atoms with Crippen LogP contribution in [0.4, 0.5) is 0 Å². The van der Waals surface area contributed by atoms with Gasteiger partial charge in [-0.15, -0.1) is 24.0 Å². The molecule has 0 aromatic carbocycles. The maximum absolute atomic E-state index is 5.42. The molecule has 0 aromatic rings. The van der Waals surface area contributed by atoms with Gasteiger partial charge in [-0.3, -0.25) is 4.99 Å². The monoisotopic (exact) mass is 415 g/mol. The number of nitrogens with one attached hydrogen (secondary N) is 1. The van der Waals surface area contributed by atoms with Gasteiger partial charge in [0, 0.05) is 53.4 Å². The summed E-state index contributed by atoms with van der Waals surface area (Å²) < 4.78 is 15.7. The predicted molar refractivity (Wildman–Crippen MR) is 95.6 cm³/mol. The van der Waals surface area contributed by atoms with Gasteiger partial charge in [0.25, 0.3) is 0 Å². The molecule has 21 heavy (non-hydrogen) atoms. The molecule has 0 amide bonds. The van der Waals surface area contributed by atoms with E-state index >= 15 is 0 Å². The van der Waals surface area contributed by atoms with Crippen LogP contribution in [0, 0.1) is 5.92 Å². The van der Waals surface area contributed by atoms with Crippen molar-refractivity contribution in [3.8, 4) is 0 Å². The molecule has 1 fully saturated rings. The second-order valence-corrected chi connectivity index (χ2v) is 5.04. The Bertz CT molecular complexity index is 274. The largest absolute Gasteiger partial charge is 0.382 e. The summed E-state index contributed by atoms with van der Waals surface area (Å²) >= 11 is 0. The fraction of sp³-hybridized carbons (Fsp3) is 0.929. The summed E-state index contributed by atoms with van der Waals surface area (Å²) in [5.41, 5.74) is 0. The van der Waals surface area contributed by atoms with Crippen LogP contribution in [0.25, 0.3) is 0 Å². The Labute approximate surface area is 145 Å². The van der Waals surface area contributed by atoms with Crippen molar-refractivity contribution in [3.05, 3.63) is 0 Å². The smallest absolute Gasteiger partial charge is 0.193 e. The maximum Gasteiger partial charge on any atom is 0.193 e. The summed E-state index contributed by atoms with van der Waals surface area (Å²) in [6.45, 7) is 5.68. The molecule has 7 heteroatoms. The van der Waals surface area contributed by atoms with Crippen LogP contribution in [-0.2, 0) is 14.2 Å². The van der Waals surface area contributed by atoms with Gasteiger partial charge in [-0.25, -0.2) is 0 Å². The second kappa shape index (κ2) is 13.5. The quantitative estimate of drug-likeness (QED) is 0.266. The molecule has 1 atom stereocenters. The lowest BCUT2D eigenvalue weighted by molar-refractivity contribution is 0.0698. The van der Waals surface area contributed by atoms with Crippen molar-refractivity contribution in [2.24, 2.45) is 10.9 Å². The Balaban J connectivity index is 0.00000400. The van der Waals surface area contributed by atoms with Crippen molar-refractivity contribution in [1.29, 1.82) is 0 Å². The first-order valence-corrected chi connectivity index (χ1v) is 7.34. The normalized spacial score (nSPS) is 18.4. The average Bonchev–Trinajstić information content (AvgIpc) is 2.94. The van der Waals surface area contributed by atoms with E-state index in [1.165, 1.54) is 0 Å². The van der Waals surface area contributed by atoms with E-state index in [9.17, 15) is 0 Å². The van der Waals surface area contributed by atoms with Gasteiger partial charge < -0.3 is 24.4 Å². The van der Waals surface area contributed by atoms with E-state index in [-0.39, 0.29) is 24.0 Å². The standard InChI is InChI=1S/C14H29N3O3.HI/c1-15-14(16-6-4-7-19-10-9-18-3)17(2)11-13-5-8-20-12-13;/h13H,4-12H2,1-3H3,(H,15,16);1H. The lowest BCUT2D eigenvalue weighted by atomic mass is 10.1. The first-order valence-electron chi connectivity index (χ1n) is 7.34. The van der Waals surface area contributed by atoms with E-state index in [1.807, 2.05) is 7.05 Å². The Morgan fingerprint density at radius 1 is 1.38 bits per heavy atom. The van der Waals surface area contributed by atoms with Crippen LogP contribution in [0.15, 0.2) is 4.99 Å². The first-order chi connectivity index (χ1) is 9.77. The van der Waals surface area contributed by atoms with Crippen LogP contribution < -0.4 is 5.32 Å². The second-order valence-electron chi connectivity index (χ2n) is 5.04. The number of rotatable bonds is 9. The van der Waals surface area contributed by atoms with E-state index in [1.54, 1.807) is 7.11 Å². The number of hydrogen-bond acceptors (Lipinski definition) is 4. The van der Waals surface area contributed by atoms with Crippen LogP contribution in [-0.4, -0.2) is 78.2 Å². The van der Waals surface area contributed by atoms with Gasteiger partial charge in [0.1, 0.15) is 0 Å². The number of ether oxygens (including phenoxy) is 3. The van der Waals surface area contributed by atoms with Crippen molar-refractivity contribution in [3.63, 3.8) is 0 Å². The SMILES string of the molecule is CN=C(NCCCOCCOC)N(C)CC1CCOC1.I. The van der Waals surface area contributed by atoms with E-state index in [2.05, 4.69) is 22.3 Å². The zero-order valence-corrected chi connectivity index (χ0v) is 15.8. The molecule has 1 saturated heterocycles. The number of halogens is 1. The van der Waals surface area contributed by atoms with Crippen LogP contribution in [0.5, 0.6) is 0 Å². The molecular weight excluding hydrogens is 385 g/mol. The van der Waals surface area contributed by atoms with Crippen LogP contribution in [0.1, 0.15) is 12.8 Å². The summed E-state index contributed by atoms with van der Waals surface area (Å²) in [5.74, 6) is 1.56. The molecule has 1 N–H and O–H groups in total. The molecule has 0 radical (unpaired) electrons. The zero-order chi connectivity index (χ0) is 14.6. The van der Waals surface area contributed by atoms with Gasteiger partial charge in [-0.05, 0) is 12.8 Å². The summed E-state index contributed by atoms with van der Waals surface area (Å²) in [6, 6.07) is 0. The minimum absolute atomic E-state index is 0. The Hall–Kier alpha value is -0.120. The fourth-order valence-corrected chi connectivity index (χ4v) is 2.20. The molecule has 0 aliphatic carbocycles. The zero-order valence-electron chi connectivity index (χ0n) is 13.5. The lowest BCUT2D eigenvalue weighted by Gasteiger charge is -2.24. The number of nitrogens with zero attached hydrogens (tertiary/aromatic N) is 2. The van der Waals surface area contributed by atoms with Crippen LogP contribution in [0.2, 0.25) is 0 Å². The lowest BCUT2D eigenvalue weighted by Crippen LogP contribution is -2.42. The highest BCUT2D eigenvalue weighted by Crippen LogP contribution is 2.13. The fourth-order valence-electron chi connectivity index (χ4n) is 2.20. The Morgan fingerprint density at radius 3 is 2.81 bits per heavy atom. The third-order valence-corrected chi connectivity index (χ3v) is 3.31. The highest BCUT2D eigenvalue weighted by atomic mass is 127. The maximum atomic E-state index is 5.42. The average molecular weight is 415 g/mol. The molecule has 1 aliphatic rings. The Kier molecular flexibility index (Phi) is 13.5. The first kappa shape index (κ1) is 20.9. The summed E-state index contributed by atoms with van der Waals surface area (Å²) in [4.78, 5) is 6.48. The highest BCUT2D eigenvalue weighted by molar-refractivity contribution is 14.0. The van der Waals surface area contributed by atoms with Crippen LogP contribution >= 0.6 is 24.0 Å². The summed E-state index contributed by atoms with van der Waals surface area (Å²) in [5, 5.41) is 3.36. The van der Waals surface area contributed by atoms with Crippen molar-refractivity contribution >= 4 is 29.9 Å². The van der Waals surface area contributed by atoms with Crippen LogP contribution in [0.3, 0.4) is 0 Å². The molecule has 0 spiro atoms. The molecule has 126 valence electrons. The van der Waals surface area contributed by atoms with Gasteiger partial charge in [-0.2, -0.15) is 0 Å². The number of methoxy groups -OCH3 is 1. The molecule has 1 heterocycles. The molecule has 6 nitrogen and oxygen atoms in total. The van der Waals surface area contributed by atoms with Crippen molar-refractivity contribution in [2.45, 2.75) is 12.8 Å². The molecule has 1 aliphatic heterocycles. The van der Waals surface area contributed by atoms with Gasteiger partial charge in [0.15, 0.2) is 5.96 Å². The Morgan fingerprint density at radius 2 is 2.19 bits per heavy atom. The predicted octanol–water partition coefficient (Wildman–Crippen LogP) is 1.20. The molecule has 1 rings (SSSR count). The van der Waals surface area contributed by atoms with Gasteiger partial charge in [0.05, 0.1) is 19.8 Å². The van der Waals surface area contributed by atoms with Gasteiger partial charge >= 0.3 is 0 Å². The molecule has 0 saturated carbocycles. The van der Waals surface area contributed by atoms with Crippen molar-refractivity contribution in [2.75, 3.05) is 67.3 Å². The molecule has 0 aromatic heterocycles. The third kappa shape index (κ3) is 9.49. The minimum Gasteiger partial charge on any atom is -0.382 e. The summed E-state index contributed by atoms with van der Waals surface area (Å²) in [6.07, 6.45) is 2.11. The highest BCUT2D eigenvalue weighted by Gasteiger charge is 2.18. The number of guanidine groups is 1. The molecule has 0 bridgehead atoms. The molecule has 1 unspecified atom stereocenters. The van der Waals surface area contributed by atoms with E-state index in [0.717, 1.165) is 51.7 Å². The number of hydrogen-bond donors (Lipinski definition) is 1. The van der Waals surface area contributed by atoms with E-state index in [0.29, 0.717) is 19.1 Å². The third-order valence-electron chi connectivity index (χ3n) is 3.31. The van der Waals surface area contributed by atoms with E-state index in [4.69, 9.17) is 14.2 Å². The summed E-state index contributed by atoms with van der Waals surface area (Å²) in [7, 11) is 5.57. The minimum atomic E-state index is 0. The molecular formula is C14H30IN3O3. The van der Waals surface area contributed by atoms with E-state index < -0.39 is 0 Å². The number of aliphatic imine (C=N–C) groups is 1. The van der Waals surface area contributed by atoms with Crippen molar-refractivity contribution in [1.82, 2.24) is 10.2 Å². The van der Waals surface area contributed by atoms with Crippen molar-refractivity contribution < 1.29 is 14.2 Å². The van der Waals surface area contributed by atoms with Gasteiger partial charge in [0.2, 0.25) is 0 Å². The topological polar surface area (TPSA) is 55.3 Å².